The van der Waals surface area contributed by atoms with Gasteiger partial charge in [0, 0.05) is 49.3 Å². The second kappa shape index (κ2) is 15.1. The second-order valence-electron chi connectivity index (χ2n) is 17.9. The maximum atomic E-state index is 6.62. The van der Waals surface area contributed by atoms with E-state index in [0.717, 1.165) is 88.6 Å². The van der Waals surface area contributed by atoms with E-state index in [1.807, 2.05) is 12.1 Å². The van der Waals surface area contributed by atoms with Gasteiger partial charge in [-0.2, -0.15) is 0 Å². The van der Waals surface area contributed by atoms with E-state index in [1.165, 1.54) is 38.8 Å². The molecule has 0 radical (unpaired) electrons. The van der Waals surface area contributed by atoms with Crippen LogP contribution in [0.15, 0.2) is 258 Å². The van der Waals surface area contributed by atoms with Crippen LogP contribution in [0.2, 0.25) is 0 Å². The van der Waals surface area contributed by atoms with Crippen LogP contribution in [0.5, 0.6) is 0 Å². The van der Waals surface area contributed by atoms with Crippen molar-refractivity contribution in [3.8, 4) is 33.4 Å². The van der Waals surface area contributed by atoms with Crippen molar-refractivity contribution in [2.24, 2.45) is 0 Å². The zero-order valence-electron chi connectivity index (χ0n) is 36.9. The number of nitrogens with zero attached hydrogens (tertiary/aromatic N) is 1. The van der Waals surface area contributed by atoms with E-state index >= 15 is 0 Å². The average molecular weight is 868 g/mol. The van der Waals surface area contributed by atoms with Gasteiger partial charge in [0.25, 0.3) is 0 Å². The van der Waals surface area contributed by atoms with E-state index in [-0.39, 0.29) is 0 Å². The fourth-order valence-corrected chi connectivity index (χ4v) is 11.4. The number of hydrogen-bond donors (Lipinski definition) is 0. The molecule has 0 saturated heterocycles. The van der Waals surface area contributed by atoms with Gasteiger partial charge in [-0.15, -0.1) is 0 Å². The minimum atomic E-state index is -0.553. The highest BCUT2D eigenvalue weighted by Crippen LogP contribution is 2.60. The average Bonchev–Trinajstić information content (AvgIpc) is 4.08. The van der Waals surface area contributed by atoms with Crippen LogP contribution in [-0.4, -0.2) is 0 Å². The SMILES string of the molecule is c1ccc(C2(c3ccccc3)c3ccccc3-c3c(N(c4ccc(-c5cccc6c5oc5ccccc56)cc4)c4ccccc4-c4ccc5oc6c7ccccc7ccc6c5c4)cccc32)cc1. The minimum absolute atomic E-state index is 0.553. The molecule has 0 spiro atoms. The van der Waals surface area contributed by atoms with E-state index in [2.05, 4.69) is 241 Å². The highest BCUT2D eigenvalue weighted by molar-refractivity contribution is 6.16. The predicted molar refractivity (Wildman–Crippen MR) is 281 cm³/mol. The molecule has 0 bridgehead atoms. The molecule has 0 fully saturated rings. The van der Waals surface area contributed by atoms with Gasteiger partial charge in [0.1, 0.15) is 22.3 Å². The van der Waals surface area contributed by atoms with Gasteiger partial charge in [0.05, 0.1) is 16.8 Å². The summed E-state index contributed by atoms with van der Waals surface area (Å²) in [7, 11) is 0. The summed E-state index contributed by atoms with van der Waals surface area (Å²) in [5.74, 6) is 0. The third-order valence-electron chi connectivity index (χ3n) is 14.4. The van der Waals surface area contributed by atoms with Crippen LogP contribution in [0.3, 0.4) is 0 Å². The summed E-state index contributed by atoms with van der Waals surface area (Å²) < 4.78 is 13.2. The molecule has 2 aromatic heterocycles. The van der Waals surface area contributed by atoms with E-state index in [0.29, 0.717) is 0 Å². The molecular formula is C65H41NO2. The minimum Gasteiger partial charge on any atom is -0.455 e. The summed E-state index contributed by atoms with van der Waals surface area (Å²) in [6, 6.07) is 90.1. The first-order valence-electron chi connectivity index (χ1n) is 23.3. The molecule has 11 aromatic carbocycles. The smallest absolute Gasteiger partial charge is 0.143 e. The molecule has 0 saturated carbocycles. The number of hydrogen-bond acceptors (Lipinski definition) is 3. The van der Waals surface area contributed by atoms with Crippen LogP contribution in [0.1, 0.15) is 22.3 Å². The topological polar surface area (TPSA) is 29.5 Å². The molecule has 1 aliphatic rings. The number of furan rings is 2. The van der Waals surface area contributed by atoms with Gasteiger partial charge in [-0.1, -0.05) is 200 Å². The first kappa shape index (κ1) is 38.4. The van der Waals surface area contributed by atoms with Crippen molar-refractivity contribution >= 4 is 71.7 Å². The Bertz CT molecular complexity index is 4050. The molecular weight excluding hydrogens is 827 g/mol. The van der Waals surface area contributed by atoms with Crippen LogP contribution in [-0.2, 0) is 5.41 Å². The van der Waals surface area contributed by atoms with E-state index < -0.39 is 5.41 Å². The second-order valence-corrected chi connectivity index (χ2v) is 17.9. The van der Waals surface area contributed by atoms with E-state index in [4.69, 9.17) is 8.83 Å². The number of anilines is 3. The van der Waals surface area contributed by atoms with Crippen molar-refractivity contribution in [2.45, 2.75) is 5.41 Å². The molecule has 68 heavy (non-hydrogen) atoms. The Hall–Kier alpha value is -8.92. The number of para-hydroxylation sites is 3. The Morgan fingerprint density at radius 2 is 0.897 bits per heavy atom. The van der Waals surface area contributed by atoms with E-state index in [9.17, 15) is 0 Å². The maximum absolute atomic E-state index is 6.62. The molecule has 0 amide bonds. The first-order valence-corrected chi connectivity index (χ1v) is 23.3. The standard InChI is InChI=1S/C65H41NO2/c1-3-18-45(19-4-1)65(46-20-5-2-6-21-46)56-28-12-9-25-54(56)62-57(65)29-16-31-59(62)66(47-37-33-43(34-38-47)50-26-15-27-52-51-24-11-14-32-60(51)67-63(50)52)58-30-13-10-22-48(58)44-36-40-61-55(41-44)53-39-35-42-17-7-8-23-49(42)64(53)68-61/h1-41H. The number of rotatable bonds is 7. The zero-order valence-corrected chi connectivity index (χ0v) is 36.9. The van der Waals surface area contributed by atoms with Crippen LogP contribution >= 0.6 is 0 Å². The normalized spacial score (nSPS) is 12.8. The summed E-state index contributed by atoms with van der Waals surface area (Å²) in [6.07, 6.45) is 0. The summed E-state index contributed by atoms with van der Waals surface area (Å²) in [5.41, 5.74) is 18.1. The van der Waals surface area contributed by atoms with Gasteiger partial charge in [-0.3, -0.25) is 0 Å². The lowest BCUT2D eigenvalue weighted by atomic mass is 9.68. The lowest BCUT2D eigenvalue weighted by Crippen LogP contribution is -2.28. The quantitative estimate of drug-likeness (QED) is 0.160. The van der Waals surface area contributed by atoms with Crippen molar-refractivity contribution < 1.29 is 8.83 Å². The fraction of sp³-hybridized carbons (Fsp3) is 0.0154. The molecule has 0 aliphatic heterocycles. The molecule has 0 unspecified atom stereocenters. The summed E-state index contributed by atoms with van der Waals surface area (Å²) >= 11 is 0. The van der Waals surface area contributed by atoms with E-state index in [1.54, 1.807) is 0 Å². The lowest BCUT2D eigenvalue weighted by molar-refractivity contribution is 0.670. The molecule has 13 aromatic rings. The van der Waals surface area contributed by atoms with Gasteiger partial charge in [-0.25, -0.2) is 0 Å². The van der Waals surface area contributed by atoms with Crippen molar-refractivity contribution in [3.05, 3.63) is 271 Å². The first-order chi connectivity index (χ1) is 33.7. The largest absolute Gasteiger partial charge is 0.455 e. The van der Waals surface area contributed by atoms with Crippen LogP contribution in [0.4, 0.5) is 17.1 Å². The predicted octanol–water partition coefficient (Wildman–Crippen LogP) is 17.8. The van der Waals surface area contributed by atoms with Gasteiger partial charge >= 0.3 is 0 Å². The molecule has 3 nitrogen and oxygen atoms in total. The van der Waals surface area contributed by atoms with Crippen LogP contribution in [0, 0.1) is 0 Å². The maximum Gasteiger partial charge on any atom is 0.143 e. The van der Waals surface area contributed by atoms with Gasteiger partial charge in [-0.05, 0) is 92.9 Å². The molecule has 0 N–H and O–H groups in total. The molecule has 3 heteroatoms. The van der Waals surface area contributed by atoms with Gasteiger partial charge < -0.3 is 13.7 Å². The summed E-state index contributed by atoms with van der Waals surface area (Å²) in [4.78, 5) is 2.48. The van der Waals surface area contributed by atoms with Crippen molar-refractivity contribution in [1.82, 2.24) is 0 Å². The van der Waals surface area contributed by atoms with Gasteiger partial charge in [0.2, 0.25) is 0 Å². The zero-order chi connectivity index (χ0) is 44.8. The highest BCUT2D eigenvalue weighted by Gasteiger charge is 2.47. The third kappa shape index (κ3) is 5.60. The lowest BCUT2D eigenvalue weighted by Gasteiger charge is -2.34. The third-order valence-corrected chi connectivity index (χ3v) is 14.4. The fourth-order valence-electron chi connectivity index (χ4n) is 11.4. The monoisotopic (exact) mass is 867 g/mol. The Morgan fingerprint density at radius 1 is 0.324 bits per heavy atom. The summed E-state index contributed by atoms with van der Waals surface area (Å²) in [5, 5.41) is 6.74. The highest BCUT2D eigenvalue weighted by atomic mass is 16.3. The van der Waals surface area contributed by atoms with Gasteiger partial charge in [0.15, 0.2) is 0 Å². The van der Waals surface area contributed by atoms with Crippen molar-refractivity contribution in [2.75, 3.05) is 4.90 Å². The molecule has 1 aliphatic carbocycles. The Morgan fingerprint density at radius 3 is 1.72 bits per heavy atom. The Balaban J connectivity index is 1.01. The molecule has 318 valence electrons. The molecule has 0 atom stereocenters. The molecule has 14 rings (SSSR count). The Kier molecular flexibility index (Phi) is 8.50. The Labute approximate surface area is 393 Å². The summed E-state index contributed by atoms with van der Waals surface area (Å²) in [6.45, 7) is 0. The van der Waals surface area contributed by atoms with Crippen molar-refractivity contribution in [1.29, 1.82) is 0 Å². The number of benzene rings is 11. The number of fused-ring (bicyclic) bond motifs is 11. The van der Waals surface area contributed by atoms with Crippen LogP contribution < -0.4 is 4.90 Å². The molecule has 2 heterocycles. The van der Waals surface area contributed by atoms with Crippen LogP contribution in [0.25, 0.3) is 88.0 Å². The van der Waals surface area contributed by atoms with Crippen molar-refractivity contribution in [3.63, 3.8) is 0 Å².